The summed E-state index contributed by atoms with van der Waals surface area (Å²) >= 11 is 0. The fraction of sp³-hybridized carbons (Fsp3) is 0.576. The van der Waals surface area contributed by atoms with Crippen molar-refractivity contribution in [3.63, 3.8) is 0 Å². The van der Waals surface area contributed by atoms with Gasteiger partial charge >= 0.3 is 11.9 Å². The topological polar surface area (TPSA) is 59.1 Å². The first-order valence-electron chi connectivity index (χ1n) is 14.8. The highest BCUT2D eigenvalue weighted by atomic mass is 16.7. The third-order valence-electron chi connectivity index (χ3n) is 8.77. The molecule has 2 aliphatic carbocycles. The van der Waals surface area contributed by atoms with Gasteiger partial charge < -0.3 is 19.3 Å². The Labute approximate surface area is 234 Å². The maximum atomic E-state index is 11.5. The zero-order valence-corrected chi connectivity index (χ0v) is 23.9. The van der Waals surface area contributed by atoms with Gasteiger partial charge in [0.2, 0.25) is 6.29 Å². The molecule has 6 nitrogen and oxygen atoms in total. The highest BCUT2D eigenvalue weighted by molar-refractivity contribution is 5.68. The Morgan fingerprint density at radius 2 is 1.69 bits per heavy atom. The van der Waals surface area contributed by atoms with Crippen molar-refractivity contribution in [2.75, 3.05) is 24.5 Å². The maximum Gasteiger partial charge on any atom is 0.305 e. The summed E-state index contributed by atoms with van der Waals surface area (Å²) in [6.45, 7) is 10.5. The monoisotopic (exact) mass is 534 g/mol. The summed E-state index contributed by atoms with van der Waals surface area (Å²) in [7, 11) is 0. The van der Waals surface area contributed by atoms with E-state index in [4.69, 9.17) is 9.47 Å². The Balaban J connectivity index is 1.34. The summed E-state index contributed by atoms with van der Waals surface area (Å²) in [6, 6.07) is 11.1. The van der Waals surface area contributed by atoms with Crippen LogP contribution < -0.4 is 4.90 Å². The first kappa shape index (κ1) is 29.1. The predicted molar refractivity (Wildman–Crippen MR) is 156 cm³/mol. The molecule has 0 radical (unpaired) electrons. The van der Waals surface area contributed by atoms with Gasteiger partial charge in [-0.25, -0.2) is 0 Å². The van der Waals surface area contributed by atoms with Gasteiger partial charge in [-0.2, -0.15) is 0 Å². The number of esters is 2. The zero-order chi connectivity index (χ0) is 27.7. The van der Waals surface area contributed by atoms with Crippen LogP contribution in [0.2, 0.25) is 0 Å². The molecule has 1 heterocycles. The van der Waals surface area contributed by atoms with Crippen molar-refractivity contribution < 1.29 is 19.1 Å². The molecule has 4 rings (SSSR count). The molecule has 0 amide bonds. The maximum absolute atomic E-state index is 11.5. The minimum Gasteiger partial charge on any atom is -0.425 e. The average molecular weight is 535 g/mol. The van der Waals surface area contributed by atoms with Gasteiger partial charge in [-0.05, 0) is 74.6 Å². The van der Waals surface area contributed by atoms with E-state index >= 15 is 0 Å². The van der Waals surface area contributed by atoms with Crippen molar-refractivity contribution in [2.24, 2.45) is 5.41 Å². The number of piperidine rings is 1. The summed E-state index contributed by atoms with van der Waals surface area (Å²) in [4.78, 5) is 28.2. The van der Waals surface area contributed by atoms with E-state index in [0.717, 1.165) is 57.4 Å². The molecule has 212 valence electrons. The van der Waals surface area contributed by atoms with Crippen LogP contribution in [0.3, 0.4) is 0 Å². The average Bonchev–Trinajstić information content (AvgIpc) is 3.48. The second-order valence-corrected chi connectivity index (χ2v) is 11.5. The fourth-order valence-corrected chi connectivity index (χ4v) is 6.65. The quantitative estimate of drug-likeness (QED) is 0.214. The number of rotatable bonds is 12. The van der Waals surface area contributed by atoms with Crippen LogP contribution in [0.25, 0.3) is 0 Å². The number of ether oxygens (including phenoxy) is 2. The highest BCUT2D eigenvalue weighted by Crippen LogP contribution is 2.44. The van der Waals surface area contributed by atoms with Crippen molar-refractivity contribution in [1.29, 1.82) is 0 Å². The number of carbonyl (C=O) groups is 2. The van der Waals surface area contributed by atoms with Crippen LogP contribution in [0.4, 0.5) is 5.69 Å². The van der Waals surface area contributed by atoms with Crippen LogP contribution in [0.15, 0.2) is 66.4 Å². The minimum absolute atomic E-state index is 0.222. The molecule has 0 aromatic heterocycles. The van der Waals surface area contributed by atoms with Gasteiger partial charge in [-0.1, -0.05) is 62.3 Å². The predicted octanol–water partition coefficient (Wildman–Crippen LogP) is 6.93. The second kappa shape index (κ2) is 14.0. The van der Waals surface area contributed by atoms with Crippen LogP contribution >= 0.6 is 0 Å². The van der Waals surface area contributed by atoms with Gasteiger partial charge in [-0.3, -0.25) is 9.59 Å². The smallest absolute Gasteiger partial charge is 0.305 e. The standard InChI is InChI=1S/C33H46N2O4/c1-26(29-12-8-9-13-29)35(30-14-6-4-7-15-30)31-17-23-34(24-18-31)25-22-33(19-10-5-11-20-33)21-16-32(38-27(2)36)39-28(3)37/h4,6-9,12,14-15,31-32H,1,5,10-11,13,16-25H2,2-3H3. The van der Waals surface area contributed by atoms with Gasteiger partial charge in [0, 0.05) is 50.8 Å². The Morgan fingerprint density at radius 1 is 1.03 bits per heavy atom. The van der Waals surface area contributed by atoms with Gasteiger partial charge in [0.05, 0.1) is 0 Å². The number of likely N-dealkylation sites (tertiary alicyclic amines) is 1. The van der Waals surface area contributed by atoms with E-state index in [0.29, 0.717) is 12.5 Å². The fourth-order valence-electron chi connectivity index (χ4n) is 6.65. The first-order valence-corrected chi connectivity index (χ1v) is 14.8. The molecule has 0 atom stereocenters. The van der Waals surface area contributed by atoms with Gasteiger partial charge in [0.15, 0.2) is 0 Å². The number of allylic oxidation sites excluding steroid dienone is 4. The third kappa shape index (κ3) is 8.31. The molecule has 0 spiro atoms. The van der Waals surface area contributed by atoms with Crippen molar-refractivity contribution in [3.8, 4) is 0 Å². The normalized spacial score (nSPS) is 19.5. The van der Waals surface area contributed by atoms with Gasteiger partial charge in [0.25, 0.3) is 0 Å². The third-order valence-corrected chi connectivity index (χ3v) is 8.77. The zero-order valence-electron chi connectivity index (χ0n) is 23.9. The lowest BCUT2D eigenvalue weighted by Crippen LogP contribution is -2.45. The lowest BCUT2D eigenvalue weighted by atomic mass is 9.69. The van der Waals surface area contributed by atoms with E-state index in [1.54, 1.807) is 0 Å². The van der Waals surface area contributed by atoms with Crippen LogP contribution in [0.5, 0.6) is 0 Å². The Bertz CT molecular complexity index is 1020. The van der Waals surface area contributed by atoms with Gasteiger partial charge in [0.1, 0.15) is 0 Å². The van der Waals surface area contributed by atoms with E-state index in [1.165, 1.54) is 57.2 Å². The van der Waals surface area contributed by atoms with Crippen molar-refractivity contribution in [1.82, 2.24) is 4.90 Å². The van der Waals surface area contributed by atoms with Crippen molar-refractivity contribution in [2.45, 2.75) is 96.8 Å². The van der Waals surface area contributed by atoms with Crippen molar-refractivity contribution in [3.05, 3.63) is 66.4 Å². The highest BCUT2D eigenvalue weighted by Gasteiger charge is 2.35. The number of anilines is 1. The van der Waals surface area contributed by atoms with E-state index in [1.807, 2.05) is 0 Å². The van der Waals surface area contributed by atoms with E-state index in [2.05, 4.69) is 64.9 Å². The lowest BCUT2D eigenvalue weighted by Gasteiger charge is -2.43. The minimum atomic E-state index is -0.781. The number of carbonyl (C=O) groups excluding carboxylic acids is 2. The Hall–Kier alpha value is -2.86. The molecule has 1 aliphatic heterocycles. The molecule has 39 heavy (non-hydrogen) atoms. The number of nitrogens with zero attached hydrogens (tertiary/aromatic N) is 2. The molecule has 6 heteroatoms. The van der Waals surface area contributed by atoms with Crippen LogP contribution in [0.1, 0.15) is 84.5 Å². The summed E-state index contributed by atoms with van der Waals surface area (Å²) in [5.74, 6) is -0.816. The molecular formula is C33H46N2O4. The van der Waals surface area contributed by atoms with E-state index in [-0.39, 0.29) is 5.41 Å². The molecule has 2 fully saturated rings. The number of hydrogen-bond donors (Lipinski definition) is 0. The van der Waals surface area contributed by atoms with E-state index < -0.39 is 18.2 Å². The molecule has 1 aromatic rings. The number of benzene rings is 1. The molecule has 0 N–H and O–H groups in total. The SMILES string of the molecule is C=C(C1=CC=CC1)N(c1ccccc1)C1CCN(CCC2(CCC(OC(C)=O)OC(C)=O)CCCCC2)CC1. The first-order chi connectivity index (χ1) is 18.8. The molecular weight excluding hydrogens is 488 g/mol. The summed E-state index contributed by atoms with van der Waals surface area (Å²) in [5.41, 5.74) is 3.88. The number of para-hydroxylation sites is 1. The largest absolute Gasteiger partial charge is 0.425 e. The van der Waals surface area contributed by atoms with Crippen molar-refractivity contribution >= 4 is 17.6 Å². The second-order valence-electron chi connectivity index (χ2n) is 11.5. The Morgan fingerprint density at radius 3 is 2.28 bits per heavy atom. The molecule has 0 bridgehead atoms. The Kier molecular flexibility index (Phi) is 10.4. The van der Waals surface area contributed by atoms with Crippen LogP contribution in [0, 0.1) is 5.41 Å². The van der Waals surface area contributed by atoms with E-state index in [9.17, 15) is 9.59 Å². The summed E-state index contributed by atoms with van der Waals surface area (Å²) in [5, 5.41) is 0. The molecule has 1 saturated heterocycles. The summed E-state index contributed by atoms with van der Waals surface area (Å²) in [6.07, 6.45) is 17.7. The molecule has 1 aromatic carbocycles. The van der Waals surface area contributed by atoms with Crippen LogP contribution in [-0.4, -0.2) is 48.8 Å². The molecule has 1 saturated carbocycles. The van der Waals surface area contributed by atoms with Gasteiger partial charge in [-0.15, -0.1) is 0 Å². The lowest BCUT2D eigenvalue weighted by molar-refractivity contribution is -0.187. The molecule has 3 aliphatic rings. The molecule has 0 unspecified atom stereocenters. The van der Waals surface area contributed by atoms with Crippen LogP contribution in [-0.2, 0) is 19.1 Å². The number of hydrogen-bond acceptors (Lipinski definition) is 6. The summed E-state index contributed by atoms with van der Waals surface area (Å²) < 4.78 is 10.6.